The van der Waals surface area contributed by atoms with Crippen LogP contribution in [0.2, 0.25) is 10.0 Å². The molecule has 0 bridgehead atoms. The largest absolute Gasteiger partial charge is 0.493 e. The molecule has 15 heteroatoms. The molecular weight excluding hydrogens is 700 g/mol. The minimum atomic E-state index is -4.66. The minimum Gasteiger partial charge on any atom is -0.493 e. The van der Waals surface area contributed by atoms with Crippen LogP contribution in [0.1, 0.15) is 41.3 Å². The molecule has 0 saturated carbocycles. The molecule has 0 radical (unpaired) electrons. The van der Waals surface area contributed by atoms with E-state index in [1.165, 1.54) is 6.07 Å². The first-order valence-corrected chi connectivity index (χ1v) is 17.5. The fourth-order valence-corrected chi connectivity index (χ4v) is 8.26. The van der Waals surface area contributed by atoms with Crippen molar-refractivity contribution in [3.8, 4) is 5.75 Å². The van der Waals surface area contributed by atoms with Gasteiger partial charge < -0.3 is 9.84 Å². The molecule has 2 atom stereocenters. The molecule has 2 saturated heterocycles. The number of piperazine rings is 1. The number of halogens is 6. The summed E-state index contributed by atoms with van der Waals surface area (Å²) in [5.41, 5.74) is 0.526. The molecule has 2 heterocycles. The second-order valence-corrected chi connectivity index (χ2v) is 14.5. The maximum Gasteiger partial charge on any atom is 0.416 e. The Bertz CT molecular complexity index is 1540. The van der Waals surface area contributed by atoms with Crippen LogP contribution >= 0.6 is 35.6 Å². The summed E-state index contributed by atoms with van der Waals surface area (Å²) < 4.78 is 76.7. The Labute approximate surface area is 289 Å². The van der Waals surface area contributed by atoms with Crippen LogP contribution in [-0.4, -0.2) is 81.6 Å². The first-order valence-electron chi connectivity index (χ1n) is 15.1. The number of aliphatic hydroxyl groups excluding tert-OH is 1. The second kappa shape index (κ2) is 15.6. The lowest BCUT2D eigenvalue weighted by Crippen LogP contribution is -2.56. The van der Waals surface area contributed by atoms with Crippen LogP contribution in [-0.2, 0) is 21.0 Å². The van der Waals surface area contributed by atoms with Gasteiger partial charge >= 0.3 is 6.18 Å². The van der Waals surface area contributed by atoms with Gasteiger partial charge in [-0.25, -0.2) is 8.42 Å². The SMILES string of the molecule is CCOc1cc(C(F)(F)F)ccc1C1(S(=O)(=O)CCN2CCN(CCO)CC2)NC(c2ccc(Cl)cc2)C(c2ccc(Cl)cc2)N1.Cl. The van der Waals surface area contributed by atoms with Crippen LogP contribution in [0, 0.1) is 0 Å². The number of sulfone groups is 1. The number of β-amino-alcohol motifs (C(OH)–C–C–N with tert-alkyl or cyclic N) is 1. The maximum absolute atomic E-state index is 14.7. The van der Waals surface area contributed by atoms with Crippen molar-refractivity contribution in [2.75, 3.05) is 58.2 Å². The molecule has 3 aromatic carbocycles. The molecule has 0 amide bonds. The molecule has 3 aromatic rings. The molecule has 0 spiro atoms. The quantitative estimate of drug-likeness (QED) is 0.233. The van der Waals surface area contributed by atoms with Gasteiger partial charge in [0.1, 0.15) is 5.75 Å². The molecule has 5 rings (SSSR count). The van der Waals surface area contributed by atoms with Gasteiger partial charge in [-0.15, -0.1) is 12.4 Å². The van der Waals surface area contributed by atoms with E-state index in [1.54, 1.807) is 55.5 Å². The van der Waals surface area contributed by atoms with Crippen LogP contribution < -0.4 is 15.4 Å². The summed E-state index contributed by atoms with van der Waals surface area (Å²) in [6, 6.07) is 15.6. The zero-order valence-corrected chi connectivity index (χ0v) is 28.8. The van der Waals surface area contributed by atoms with Gasteiger partial charge in [-0.3, -0.25) is 20.4 Å². The molecule has 2 fully saturated rings. The zero-order chi connectivity index (χ0) is 33.1. The number of benzene rings is 3. The van der Waals surface area contributed by atoms with E-state index < -0.39 is 38.7 Å². The zero-order valence-electron chi connectivity index (χ0n) is 25.6. The molecular formula is C32H38Cl3F3N4O4S. The lowest BCUT2D eigenvalue weighted by molar-refractivity contribution is -0.137. The lowest BCUT2D eigenvalue weighted by Gasteiger charge is -2.36. The normalized spacial score (nSPS) is 22.6. The molecule has 0 aromatic heterocycles. The number of nitrogens with zero attached hydrogens (tertiary/aromatic N) is 2. The number of nitrogens with one attached hydrogen (secondary N) is 2. The highest BCUT2D eigenvalue weighted by atomic mass is 35.5. The van der Waals surface area contributed by atoms with Crippen LogP contribution in [0.25, 0.3) is 0 Å². The predicted octanol–water partition coefficient (Wildman–Crippen LogP) is 5.64. The second-order valence-electron chi connectivity index (χ2n) is 11.4. The predicted molar refractivity (Wildman–Crippen MR) is 180 cm³/mol. The Balaban J connectivity index is 0.00000500. The van der Waals surface area contributed by atoms with Crippen molar-refractivity contribution in [1.29, 1.82) is 0 Å². The highest BCUT2D eigenvalue weighted by Crippen LogP contribution is 2.47. The van der Waals surface area contributed by atoms with E-state index in [9.17, 15) is 26.7 Å². The van der Waals surface area contributed by atoms with E-state index in [0.29, 0.717) is 42.8 Å². The highest BCUT2D eigenvalue weighted by Gasteiger charge is 2.56. The maximum atomic E-state index is 14.7. The molecule has 2 aliphatic rings. The Morgan fingerprint density at radius 2 is 1.36 bits per heavy atom. The third kappa shape index (κ3) is 8.37. The Kier molecular flexibility index (Phi) is 12.5. The van der Waals surface area contributed by atoms with Gasteiger partial charge in [0.15, 0.2) is 9.84 Å². The smallest absolute Gasteiger partial charge is 0.416 e. The van der Waals surface area contributed by atoms with Gasteiger partial charge in [0.25, 0.3) is 0 Å². The number of aliphatic hydroxyl groups is 1. The number of alkyl halides is 3. The van der Waals surface area contributed by atoms with Crippen LogP contribution in [0.15, 0.2) is 66.7 Å². The third-order valence-electron chi connectivity index (χ3n) is 8.52. The van der Waals surface area contributed by atoms with Crippen molar-refractivity contribution in [2.24, 2.45) is 0 Å². The van der Waals surface area contributed by atoms with Crippen LogP contribution in [0.4, 0.5) is 13.2 Å². The van der Waals surface area contributed by atoms with E-state index in [4.69, 9.17) is 27.9 Å². The minimum absolute atomic E-state index is 0. The number of rotatable bonds is 11. The molecule has 47 heavy (non-hydrogen) atoms. The van der Waals surface area contributed by atoms with Crippen molar-refractivity contribution in [3.63, 3.8) is 0 Å². The van der Waals surface area contributed by atoms with E-state index in [2.05, 4.69) is 15.5 Å². The topological polar surface area (TPSA) is 94.1 Å². The summed E-state index contributed by atoms with van der Waals surface area (Å²) in [5, 5.41) is 16.9. The molecule has 2 unspecified atom stereocenters. The molecule has 0 aliphatic carbocycles. The first kappa shape index (κ1) is 37.7. The van der Waals surface area contributed by atoms with Crippen LogP contribution in [0.5, 0.6) is 5.75 Å². The average Bonchev–Trinajstić information content (AvgIpc) is 3.44. The van der Waals surface area contributed by atoms with E-state index in [1.807, 2.05) is 4.90 Å². The van der Waals surface area contributed by atoms with Crippen molar-refractivity contribution in [1.82, 2.24) is 20.4 Å². The lowest BCUT2D eigenvalue weighted by atomic mass is 9.95. The summed E-state index contributed by atoms with van der Waals surface area (Å²) in [6.07, 6.45) is -4.66. The third-order valence-corrected chi connectivity index (χ3v) is 11.1. The highest BCUT2D eigenvalue weighted by molar-refractivity contribution is 7.92. The van der Waals surface area contributed by atoms with Crippen molar-refractivity contribution < 1.29 is 31.4 Å². The molecule has 3 N–H and O–H groups in total. The van der Waals surface area contributed by atoms with Gasteiger partial charge in [-0.2, -0.15) is 13.2 Å². The number of ether oxygens (including phenoxy) is 1. The van der Waals surface area contributed by atoms with Crippen LogP contribution in [0.3, 0.4) is 0 Å². The van der Waals surface area contributed by atoms with Crippen molar-refractivity contribution in [3.05, 3.63) is 99.0 Å². The molecule has 8 nitrogen and oxygen atoms in total. The molecule has 258 valence electrons. The van der Waals surface area contributed by atoms with Gasteiger partial charge in [0, 0.05) is 54.9 Å². The number of hydrogen-bond donors (Lipinski definition) is 3. The van der Waals surface area contributed by atoms with E-state index in [0.717, 1.165) is 23.3 Å². The summed E-state index contributed by atoms with van der Waals surface area (Å²) >= 11 is 12.4. The fraction of sp³-hybridized carbons (Fsp3) is 0.438. The Hall–Kier alpha value is -2.13. The van der Waals surface area contributed by atoms with Crippen molar-refractivity contribution >= 4 is 45.4 Å². The average molecular weight is 738 g/mol. The summed E-state index contributed by atoms with van der Waals surface area (Å²) in [5.74, 6) is -0.481. The van der Waals surface area contributed by atoms with E-state index in [-0.39, 0.29) is 49.2 Å². The van der Waals surface area contributed by atoms with E-state index >= 15 is 0 Å². The Morgan fingerprint density at radius 1 is 0.872 bits per heavy atom. The summed E-state index contributed by atoms with van der Waals surface area (Å²) in [6.45, 7) is 5.07. The van der Waals surface area contributed by atoms with Gasteiger partial charge in [0.05, 0.1) is 36.6 Å². The molecule has 2 aliphatic heterocycles. The monoisotopic (exact) mass is 736 g/mol. The van der Waals surface area contributed by atoms with Gasteiger partial charge in [-0.05, 0) is 54.4 Å². The number of hydrogen-bond acceptors (Lipinski definition) is 8. The standard InChI is InChI=1S/C32H37Cl2F3N4O4S.ClH/c1-2-45-28-21-24(31(35,36)37)7-12-27(28)32(46(43,44)20-18-41-15-13-40(14-16-41)17-19-42)38-29(22-3-8-25(33)9-4-22)30(39-32)23-5-10-26(34)11-6-23;/h3-12,21,29-30,38-39,42H,2,13-20H2,1H3;1H. The fourth-order valence-electron chi connectivity index (χ4n) is 6.09. The summed E-state index contributed by atoms with van der Waals surface area (Å²) in [7, 11) is -4.22. The van der Waals surface area contributed by atoms with Crippen molar-refractivity contribution in [2.45, 2.75) is 30.2 Å². The summed E-state index contributed by atoms with van der Waals surface area (Å²) in [4.78, 5) is 2.11. The first-order chi connectivity index (χ1) is 21.9. The van der Waals surface area contributed by atoms with Gasteiger partial charge in [0.2, 0.25) is 4.99 Å². The Morgan fingerprint density at radius 3 is 1.81 bits per heavy atom. The van der Waals surface area contributed by atoms with Gasteiger partial charge in [-0.1, -0.05) is 53.5 Å².